The number of aryl methyl sites for hydroxylation is 1. The molecule has 0 saturated heterocycles. The Kier molecular flexibility index (Phi) is 7.17. The Bertz CT molecular complexity index is 1580. The Morgan fingerprint density at radius 3 is 1.94 bits per heavy atom. The number of carbonyl (C=O) groups excluding carboxylic acids is 1. The third kappa shape index (κ3) is 4.58. The number of carbonyl (C=O) groups is 1. The van der Waals surface area contributed by atoms with Gasteiger partial charge < -0.3 is 14.6 Å². The summed E-state index contributed by atoms with van der Waals surface area (Å²) in [5.74, 6) is -0.501. The lowest BCUT2D eigenvalue weighted by Gasteiger charge is -2.19. The van der Waals surface area contributed by atoms with Crippen molar-refractivity contribution in [3.63, 3.8) is 0 Å². The number of para-hydroxylation sites is 4. The lowest BCUT2D eigenvalue weighted by Crippen LogP contribution is -2.29. The van der Waals surface area contributed by atoms with Crippen LogP contribution >= 0.6 is 12.2 Å². The summed E-state index contributed by atoms with van der Waals surface area (Å²) in [4.78, 5) is 27.0. The van der Waals surface area contributed by atoms with Crippen LogP contribution in [0.4, 0.5) is 0 Å². The van der Waals surface area contributed by atoms with Crippen molar-refractivity contribution >= 4 is 24.1 Å². The molecule has 4 aromatic rings. The van der Waals surface area contributed by atoms with Gasteiger partial charge in [0, 0.05) is 0 Å². The van der Waals surface area contributed by atoms with Crippen LogP contribution in [0.1, 0.15) is 21.5 Å². The number of aromatic hydroxyl groups is 1. The van der Waals surface area contributed by atoms with E-state index >= 15 is 0 Å². The van der Waals surface area contributed by atoms with E-state index in [9.17, 15) is 14.7 Å². The molecule has 0 amide bonds. The summed E-state index contributed by atoms with van der Waals surface area (Å²) in [7, 11) is 2.95. The fraction of sp³-hybridized carbons (Fsp3) is 0.107. The quantitative estimate of drug-likeness (QED) is 0.211. The molecular weight excluding hydrogens is 476 g/mol. The van der Waals surface area contributed by atoms with Crippen molar-refractivity contribution in [1.29, 1.82) is 0 Å². The van der Waals surface area contributed by atoms with E-state index in [1.165, 1.54) is 29.4 Å². The predicted octanol–water partition coefficient (Wildman–Crippen LogP) is 5.29. The molecule has 3 aromatic carbocycles. The number of ether oxygens (including phenoxy) is 2. The minimum atomic E-state index is -0.772. The fourth-order valence-corrected chi connectivity index (χ4v) is 4.17. The van der Waals surface area contributed by atoms with Gasteiger partial charge in [-0.3, -0.25) is 14.2 Å². The first-order chi connectivity index (χ1) is 17.4. The maximum atomic E-state index is 13.7. The van der Waals surface area contributed by atoms with Crippen molar-refractivity contribution in [1.82, 2.24) is 9.13 Å². The van der Waals surface area contributed by atoms with Crippen molar-refractivity contribution in [2.24, 2.45) is 0 Å². The van der Waals surface area contributed by atoms with Crippen LogP contribution in [0, 0.1) is 11.7 Å². The standard InChI is InChI=1S/C28H24N2O5S/c1-18-12-14-19(15-13-18)16-17-22(31)25-26(32)29(20-8-4-6-10-23(20)34-2)28(36)30(27(25)33)21-9-5-7-11-24(21)35-3/h4-17,32H,1-3H3/b17-16+. The normalized spacial score (nSPS) is 11.0. The average Bonchev–Trinajstić information content (AvgIpc) is 2.89. The van der Waals surface area contributed by atoms with Crippen molar-refractivity contribution in [3.05, 3.63) is 111 Å². The van der Waals surface area contributed by atoms with Crippen molar-refractivity contribution < 1.29 is 19.4 Å². The minimum Gasteiger partial charge on any atom is -0.495 e. The molecule has 0 aliphatic carbocycles. The zero-order valence-corrected chi connectivity index (χ0v) is 20.8. The molecule has 4 rings (SSSR count). The van der Waals surface area contributed by atoms with Crippen molar-refractivity contribution in [3.8, 4) is 28.8 Å². The first-order valence-corrected chi connectivity index (χ1v) is 11.4. The molecule has 0 aliphatic rings. The lowest BCUT2D eigenvalue weighted by atomic mass is 10.1. The number of methoxy groups -OCH3 is 2. The van der Waals surface area contributed by atoms with E-state index in [0.29, 0.717) is 22.9 Å². The van der Waals surface area contributed by atoms with Gasteiger partial charge in [-0.05, 0) is 55.0 Å². The van der Waals surface area contributed by atoms with Gasteiger partial charge in [0.15, 0.2) is 10.6 Å². The smallest absolute Gasteiger partial charge is 0.274 e. The van der Waals surface area contributed by atoms with Crippen LogP contribution in [0.5, 0.6) is 17.4 Å². The van der Waals surface area contributed by atoms with Crippen LogP contribution in [0.15, 0.2) is 83.7 Å². The summed E-state index contributed by atoms with van der Waals surface area (Å²) in [6.07, 6.45) is 2.84. The lowest BCUT2D eigenvalue weighted by molar-refractivity contribution is 0.104. The van der Waals surface area contributed by atoms with Crippen LogP contribution in [-0.4, -0.2) is 34.2 Å². The number of hydrogen-bond donors (Lipinski definition) is 1. The van der Waals surface area contributed by atoms with E-state index in [-0.39, 0.29) is 4.77 Å². The minimum absolute atomic E-state index is 0.0643. The van der Waals surface area contributed by atoms with Crippen LogP contribution in [0.2, 0.25) is 0 Å². The van der Waals surface area contributed by atoms with E-state index in [4.69, 9.17) is 21.7 Å². The third-order valence-corrected chi connectivity index (χ3v) is 6.00. The molecule has 1 N–H and O–H groups in total. The van der Waals surface area contributed by atoms with Gasteiger partial charge in [0.05, 0.1) is 25.6 Å². The Morgan fingerprint density at radius 2 is 1.39 bits per heavy atom. The van der Waals surface area contributed by atoms with E-state index in [0.717, 1.165) is 11.1 Å². The van der Waals surface area contributed by atoms with Gasteiger partial charge in [-0.25, -0.2) is 4.57 Å². The van der Waals surface area contributed by atoms with Crippen molar-refractivity contribution in [2.75, 3.05) is 14.2 Å². The molecule has 0 aliphatic heterocycles. The molecule has 0 fully saturated rings. The van der Waals surface area contributed by atoms with Gasteiger partial charge in [0.1, 0.15) is 17.1 Å². The highest BCUT2D eigenvalue weighted by Gasteiger charge is 2.25. The summed E-state index contributed by atoms with van der Waals surface area (Å²) in [5.41, 5.74) is 1.33. The molecule has 36 heavy (non-hydrogen) atoms. The second-order valence-corrected chi connectivity index (χ2v) is 8.27. The molecule has 1 heterocycles. The van der Waals surface area contributed by atoms with Gasteiger partial charge in [0.2, 0.25) is 5.88 Å². The summed E-state index contributed by atoms with van der Waals surface area (Å²) in [5, 5.41) is 11.3. The first-order valence-electron chi connectivity index (χ1n) is 11.0. The predicted molar refractivity (Wildman–Crippen MR) is 142 cm³/mol. The number of nitrogens with zero attached hydrogens (tertiary/aromatic N) is 2. The summed E-state index contributed by atoms with van der Waals surface area (Å²) < 4.78 is 13.3. The maximum absolute atomic E-state index is 13.7. The van der Waals surface area contributed by atoms with Gasteiger partial charge in [-0.15, -0.1) is 0 Å². The largest absolute Gasteiger partial charge is 0.495 e. The number of aromatic nitrogens is 2. The SMILES string of the molecule is COc1ccccc1-n1c(O)c(C(=O)/C=C/c2ccc(C)cc2)c(=O)n(-c2ccccc2OC)c1=S. The molecular formula is C28H24N2O5S. The monoisotopic (exact) mass is 500 g/mol. The second kappa shape index (κ2) is 10.5. The molecule has 8 heteroatoms. The van der Waals surface area contributed by atoms with Crippen LogP contribution in [0.25, 0.3) is 17.5 Å². The maximum Gasteiger partial charge on any atom is 0.274 e. The Balaban J connectivity index is 2.02. The fourth-order valence-electron chi connectivity index (χ4n) is 3.80. The molecule has 182 valence electrons. The van der Waals surface area contributed by atoms with E-state index < -0.39 is 22.8 Å². The van der Waals surface area contributed by atoms with Gasteiger partial charge in [-0.1, -0.05) is 60.2 Å². The highest BCUT2D eigenvalue weighted by molar-refractivity contribution is 7.71. The number of hydrogen-bond acceptors (Lipinski definition) is 6. The van der Waals surface area contributed by atoms with Crippen LogP contribution in [0.3, 0.4) is 0 Å². The Hall–Kier alpha value is -4.43. The number of allylic oxidation sites excluding steroid dienone is 1. The number of ketones is 1. The molecule has 0 unspecified atom stereocenters. The molecule has 1 aromatic heterocycles. The Labute approximate surface area is 213 Å². The van der Waals surface area contributed by atoms with E-state index in [1.54, 1.807) is 54.6 Å². The van der Waals surface area contributed by atoms with E-state index in [1.807, 2.05) is 31.2 Å². The zero-order valence-electron chi connectivity index (χ0n) is 20.0. The molecule has 7 nitrogen and oxygen atoms in total. The third-order valence-electron chi connectivity index (χ3n) is 5.64. The number of benzene rings is 3. The molecule has 0 spiro atoms. The topological polar surface area (TPSA) is 82.7 Å². The summed E-state index contributed by atoms with van der Waals surface area (Å²) in [6.45, 7) is 1.96. The first kappa shape index (κ1) is 24.7. The highest BCUT2D eigenvalue weighted by Crippen LogP contribution is 2.30. The molecule has 0 atom stereocenters. The molecule has 0 saturated carbocycles. The van der Waals surface area contributed by atoms with Gasteiger partial charge in [0.25, 0.3) is 5.56 Å². The van der Waals surface area contributed by atoms with Gasteiger partial charge in [-0.2, -0.15) is 0 Å². The van der Waals surface area contributed by atoms with Crippen molar-refractivity contribution in [2.45, 2.75) is 6.92 Å². The second-order valence-electron chi connectivity index (χ2n) is 7.91. The summed E-state index contributed by atoms with van der Waals surface area (Å²) >= 11 is 5.67. The van der Waals surface area contributed by atoms with Gasteiger partial charge >= 0.3 is 0 Å². The highest BCUT2D eigenvalue weighted by atomic mass is 32.1. The van der Waals surface area contributed by atoms with Crippen LogP contribution in [-0.2, 0) is 0 Å². The zero-order chi connectivity index (χ0) is 25.8. The average molecular weight is 501 g/mol. The molecule has 0 radical (unpaired) electrons. The number of rotatable bonds is 7. The summed E-state index contributed by atoms with van der Waals surface area (Å²) in [6, 6.07) is 21.2. The Morgan fingerprint density at radius 1 is 0.861 bits per heavy atom. The van der Waals surface area contributed by atoms with Crippen LogP contribution < -0.4 is 15.0 Å². The molecule has 0 bridgehead atoms. The van der Waals surface area contributed by atoms with E-state index in [2.05, 4.69) is 0 Å².